The van der Waals surface area contributed by atoms with Crippen LogP contribution in [-0.4, -0.2) is 53.1 Å². The van der Waals surface area contributed by atoms with Crippen LogP contribution in [0.15, 0.2) is 11.6 Å². The second-order valence-electron chi connectivity index (χ2n) is 14.4. The minimum atomic E-state index is -1.04. The lowest BCUT2D eigenvalue weighted by Gasteiger charge is -2.58. The molecule has 3 saturated carbocycles. The van der Waals surface area contributed by atoms with Crippen LogP contribution in [0.1, 0.15) is 99.3 Å². The molecule has 0 unspecified atom stereocenters. The van der Waals surface area contributed by atoms with Crippen LogP contribution in [-0.2, 0) is 9.53 Å². The van der Waals surface area contributed by atoms with Gasteiger partial charge in [-0.1, -0.05) is 32.4 Å². The smallest absolute Gasteiger partial charge is 0.408 e. The molecule has 4 N–H and O–H groups in total. The first-order valence-corrected chi connectivity index (χ1v) is 15.0. The summed E-state index contributed by atoms with van der Waals surface area (Å²) in [5.41, 5.74) is 1.51. The number of aliphatic hydroxyl groups excluding tert-OH is 1. The Kier molecular flexibility index (Phi) is 8.59. The van der Waals surface area contributed by atoms with E-state index in [2.05, 4.69) is 37.5 Å². The molecule has 4 aliphatic carbocycles. The summed E-state index contributed by atoms with van der Waals surface area (Å²) in [5, 5.41) is 25.8. The second-order valence-corrected chi connectivity index (χ2v) is 14.4. The number of amides is 1. The van der Waals surface area contributed by atoms with Gasteiger partial charge in [0.1, 0.15) is 11.6 Å². The number of carbonyl (C=O) groups excluding carboxylic acids is 1. The maximum Gasteiger partial charge on any atom is 0.408 e. The third-order valence-electron chi connectivity index (χ3n) is 10.9. The minimum Gasteiger partial charge on any atom is -0.480 e. The van der Waals surface area contributed by atoms with Gasteiger partial charge in [-0.05, 0) is 132 Å². The zero-order chi connectivity index (χ0) is 27.9. The molecule has 216 valence electrons. The molecule has 38 heavy (non-hydrogen) atoms. The molecule has 0 bridgehead atoms. The number of fused-ring (bicyclic) bond motifs is 5. The van der Waals surface area contributed by atoms with Crippen LogP contribution >= 0.6 is 0 Å². The summed E-state index contributed by atoms with van der Waals surface area (Å²) in [4.78, 5) is 23.7. The molecule has 0 aromatic rings. The molecule has 0 saturated heterocycles. The van der Waals surface area contributed by atoms with Gasteiger partial charge in [0.15, 0.2) is 0 Å². The number of hydrogen-bond donors (Lipinski definition) is 4. The number of ether oxygens (including phenoxy) is 1. The Morgan fingerprint density at radius 2 is 1.87 bits per heavy atom. The van der Waals surface area contributed by atoms with Crippen molar-refractivity contribution < 1.29 is 24.5 Å². The fraction of sp³-hybridized carbons (Fsp3) is 0.871. The fourth-order valence-electron chi connectivity index (χ4n) is 9.04. The van der Waals surface area contributed by atoms with E-state index >= 15 is 0 Å². The lowest BCUT2D eigenvalue weighted by molar-refractivity contribution is -0.139. The van der Waals surface area contributed by atoms with Gasteiger partial charge in [-0.2, -0.15) is 0 Å². The zero-order valence-electron chi connectivity index (χ0n) is 24.5. The highest BCUT2D eigenvalue weighted by molar-refractivity contribution is 5.80. The highest BCUT2D eigenvalue weighted by Gasteiger charge is 2.59. The fourth-order valence-corrected chi connectivity index (χ4v) is 9.04. The van der Waals surface area contributed by atoms with E-state index in [1.165, 1.54) is 37.7 Å². The number of carboxylic acid groups (broad SMARTS) is 1. The Bertz CT molecular complexity index is 912. The van der Waals surface area contributed by atoms with Crippen molar-refractivity contribution in [3.63, 3.8) is 0 Å². The number of carbonyl (C=O) groups is 2. The normalized spacial score (nSPS) is 38.2. The van der Waals surface area contributed by atoms with Gasteiger partial charge in [0.2, 0.25) is 0 Å². The molecule has 0 aromatic heterocycles. The van der Waals surface area contributed by atoms with E-state index in [1.807, 2.05) is 0 Å². The molecule has 0 aromatic carbocycles. The van der Waals surface area contributed by atoms with Gasteiger partial charge >= 0.3 is 12.1 Å². The number of aliphatic carboxylic acids is 1. The van der Waals surface area contributed by atoms with Gasteiger partial charge in [-0.15, -0.1) is 0 Å². The van der Waals surface area contributed by atoms with Crippen molar-refractivity contribution in [2.45, 2.75) is 117 Å². The first kappa shape index (κ1) is 29.4. The standard InChI is InChI=1S/C31H52N2O5/c1-19(18-32-16-13-26(27(35)36)33-28(37)38-29(2,3)4)23-9-10-24-22-8-7-20-17-21(34)11-14-30(20,5)25(22)12-15-31(23,24)6/h7,19,21-26,32,34H,8-18H2,1-6H3,(H,33,37)(H,35,36)/t19-,21+,22+,23-,24+,25+,26+,30+,31-/m1/s1. The van der Waals surface area contributed by atoms with Gasteiger partial charge in [0, 0.05) is 0 Å². The number of alkyl carbamates (subject to hydrolysis) is 1. The number of nitrogens with one attached hydrogen (secondary N) is 2. The molecule has 4 aliphatic rings. The third-order valence-corrected chi connectivity index (χ3v) is 10.9. The quantitative estimate of drug-likeness (QED) is 0.242. The minimum absolute atomic E-state index is 0.150. The molecule has 0 heterocycles. The Morgan fingerprint density at radius 3 is 2.55 bits per heavy atom. The van der Waals surface area contributed by atoms with E-state index in [1.54, 1.807) is 20.8 Å². The van der Waals surface area contributed by atoms with Gasteiger partial charge < -0.3 is 25.6 Å². The van der Waals surface area contributed by atoms with Crippen LogP contribution in [0.25, 0.3) is 0 Å². The Balaban J connectivity index is 1.30. The summed E-state index contributed by atoms with van der Waals surface area (Å²) in [7, 11) is 0. The van der Waals surface area contributed by atoms with E-state index in [0.717, 1.165) is 43.6 Å². The summed E-state index contributed by atoms with van der Waals surface area (Å²) in [6.45, 7) is 14.1. The SMILES string of the molecule is C[C@H](CNCC[C@H](NC(=O)OC(C)(C)C)C(=O)O)[C@H]1CC[C@H]2[C@@H]3CC=C4C[C@@H](O)CC[C@]4(C)[C@H]3CC[C@]12C. The van der Waals surface area contributed by atoms with Crippen LogP contribution in [0.2, 0.25) is 0 Å². The average molecular weight is 533 g/mol. The highest BCUT2D eigenvalue weighted by atomic mass is 16.6. The Labute approximate surface area is 229 Å². The molecule has 9 atom stereocenters. The first-order valence-electron chi connectivity index (χ1n) is 15.0. The van der Waals surface area contributed by atoms with Gasteiger partial charge in [0.25, 0.3) is 0 Å². The molecule has 1 amide bonds. The second kappa shape index (κ2) is 11.1. The topological polar surface area (TPSA) is 108 Å². The lowest BCUT2D eigenvalue weighted by atomic mass is 9.47. The summed E-state index contributed by atoms with van der Waals surface area (Å²) in [6, 6.07) is -0.970. The highest BCUT2D eigenvalue weighted by Crippen LogP contribution is 2.67. The molecule has 7 heteroatoms. The summed E-state index contributed by atoms with van der Waals surface area (Å²) < 4.78 is 5.22. The van der Waals surface area contributed by atoms with Crippen molar-refractivity contribution in [3.8, 4) is 0 Å². The molecule has 0 aliphatic heterocycles. The average Bonchev–Trinajstić information content (AvgIpc) is 3.17. The van der Waals surface area contributed by atoms with E-state index in [4.69, 9.17) is 4.74 Å². The van der Waals surface area contributed by atoms with Crippen LogP contribution in [0.3, 0.4) is 0 Å². The first-order chi connectivity index (χ1) is 17.7. The number of carboxylic acids is 1. The largest absolute Gasteiger partial charge is 0.480 e. The van der Waals surface area contributed by atoms with Gasteiger partial charge in [-0.25, -0.2) is 9.59 Å². The number of allylic oxidation sites excluding steroid dienone is 1. The molecule has 3 fully saturated rings. The third kappa shape index (κ3) is 5.94. The van der Waals surface area contributed by atoms with Crippen molar-refractivity contribution in [1.82, 2.24) is 10.6 Å². The predicted molar refractivity (Wildman–Crippen MR) is 149 cm³/mol. The summed E-state index contributed by atoms with van der Waals surface area (Å²) in [6.07, 6.45) is 11.3. The maximum absolute atomic E-state index is 12.0. The van der Waals surface area contributed by atoms with E-state index in [-0.39, 0.29) is 11.5 Å². The summed E-state index contributed by atoms with van der Waals surface area (Å²) >= 11 is 0. The van der Waals surface area contributed by atoms with Crippen LogP contribution in [0.5, 0.6) is 0 Å². The van der Waals surface area contributed by atoms with Crippen LogP contribution in [0.4, 0.5) is 4.79 Å². The predicted octanol–water partition coefficient (Wildman–Crippen LogP) is 5.52. The zero-order valence-corrected chi connectivity index (χ0v) is 24.5. The number of rotatable bonds is 8. The maximum atomic E-state index is 12.0. The van der Waals surface area contributed by atoms with Crippen molar-refractivity contribution in [1.29, 1.82) is 0 Å². The van der Waals surface area contributed by atoms with Crippen LogP contribution < -0.4 is 10.6 Å². The van der Waals surface area contributed by atoms with E-state index in [0.29, 0.717) is 30.2 Å². The Morgan fingerprint density at radius 1 is 1.13 bits per heavy atom. The van der Waals surface area contributed by atoms with Crippen molar-refractivity contribution in [3.05, 3.63) is 11.6 Å². The molecule has 0 radical (unpaired) electrons. The van der Waals surface area contributed by atoms with E-state index in [9.17, 15) is 19.8 Å². The summed E-state index contributed by atoms with van der Waals surface area (Å²) in [5.74, 6) is 2.43. The molecule has 0 spiro atoms. The lowest BCUT2D eigenvalue weighted by Crippen LogP contribution is -2.51. The molecular weight excluding hydrogens is 480 g/mol. The Hall–Kier alpha value is -1.60. The van der Waals surface area contributed by atoms with Crippen LogP contribution in [0, 0.1) is 40.4 Å². The number of hydrogen-bond acceptors (Lipinski definition) is 5. The molecule has 7 nitrogen and oxygen atoms in total. The monoisotopic (exact) mass is 532 g/mol. The molecular formula is C31H52N2O5. The van der Waals surface area contributed by atoms with Crippen molar-refractivity contribution in [2.75, 3.05) is 13.1 Å². The van der Waals surface area contributed by atoms with E-state index < -0.39 is 23.7 Å². The van der Waals surface area contributed by atoms with Gasteiger partial charge in [0.05, 0.1) is 6.10 Å². The number of aliphatic hydroxyl groups is 1. The molecule has 4 rings (SSSR count). The van der Waals surface area contributed by atoms with Crippen molar-refractivity contribution in [2.24, 2.45) is 40.4 Å². The van der Waals surface area contributed by atoms with Crippen molar-refractivity contribution >= 4 is 12.1 Å². The van der Waals surface area contributed by atoms with Gasteiger partial charge in [-0.3, -0.25) is 0 Å².